The molecule has 0 aromatic rings. The van der Waals surface area contributed by atoms with Crippen molar-refractivity contribution in [3.63, 3.8) is 0 Å². The Bertz CT molecular complexity index is 212. The van der Waals surface area contributed by atoms with E-state index in [1.807, 2.05) is 6.92 Å². The van der Waals surface area contributed by atoms with Crippen LogP contribution in [0.2, 0.25) is 0 Å². The lowest BCUT2D eigenvalue weighted by atomic mass is 9.88. The molecule has 0 N–H and O–H groups in total. The highest BCUT2D eigenvalue weighted by molar-refractivity contribution is 7.78. The Hall–Kier alpha value is -0.530. The van der Waals surface area contributed by atoms with Gasteiger partial charge in [-0.3, -0.25) is 4.79 Å². The molecule has 1 aliphatic rings. The lowest BCUT2D eigenvalue weighted by Crippen LogP contribution is -2.21. The van der Waals surface area contributed by atoms with E-state index >= 15 is 0 Å². The van der Waals surface area contributed by atoms with Crippen LogP contribution in [0.5, 0.6) is 0 Å². The molecule has 0 aromatic heterocycles. The minimum Gasteiger partial charge on any atom is -0.271 e. The number of hydrogen-bond acceptors (Lipinski definition) is 2. The summed E-state index contributed by atoms with van der Waals surface area (Å²) >= 11 is 4.38. The Labute approximate surface area is 71.7 Å². The van der Waals surface area contributed by atoms with Gasteiger partial charge in [0.1, 0.15) is 0 Å². The molecule has 1 saturated carbocycles. The number of nitrogens with zero attached hydrogens (tertiary/aromatic N) is 1. The monoisotopic (exact) mass is 169 g/mol. The van der Waals surface area contributed by atoms with Crippen LogP contribution >= 0.6 is 12.2 Å². The number of thiocarbonyl (C=S) groups is 1. The van der Waals surface area contributed by atoms with E-state index in [-0.39, 0.29) is 11.3 Å². The van der Waals surface area contributed by atoms with Crippen molar-refractivity contribution in [3.8, 4) is 0 Å². The third kappa shape index (κ3) is 1.73. The molecular weight excluding hydrogens is 158 g/mol. The summed E-state index contributed by atoms with van der Waals surface area (Å²) in [4.78, 5) is 14.8. The lowest BCUT2D eigenvalue weighted by molar-refractivity contribution is -0.126. The predicted molar refractivity (Wildman–Crippen MR) is 46.6 cm³/mol. The van der Waals surface area contributed by atoms with Crippen LogP contribution in [0.3, 0.4) is 0 Å². The SMILES string of the molecule is CC1(C(=O)N=C=S)CCCC1. The van der Waals surface area contributed by atoms with Gasteiger partial charge in [0, 0.05) is 5.41 Å². The van der Waals surface area contributed by atoms with Crippen LogP contribution in [0.4, 0.5) is 0 Å². The van der Waals surface area contributed by atoms with Gasteiger partial charge >= 0.3 is 0 Å². The second-order valence-corrected chi connectivity index (χ2v) is 3.46. The van der Waals surface area contributed by atoms with Crippen molar-refractivity contribution >= 4 is 23.3 Å². The fourth-order valence-electron chi connectivity index (χ4n) is 1.55. The van der Waals surface area contributed by atoms with E-state index < -0.39 is 0 Å². The van der Waals surface area contributed by atoms with E-state index in [0.717, 1.165) is 25.7 Å². The molecular formula is C8H11NOS. The number of carbonyl (C=O) groups is 1. The normalized spacial score (nSPS) is 20.8. The molecule has 1 amide bonds. The van der Waals surface area contributed by atoms with Gasteiger partial charge in [-0.05, 0) is 25.1 Å². The zero-order valence-corrected chi connectivity index (χ0v) is 7.41. The van der Waals surface area contributed by atoms with Crippen molar-refractivity contribution in [2.45, 2.75) is 32.6 Å². The van der Waals surface area contributed by atoms with E-state index in [1.54, 1.807) is 0 Å². The van der Waals surface area contributed by atoms with E-state index in [0.29, 0.717) is 0 Å². The number of aliphatic imine (C=N–C) groups is 1. The van der Waals surface area contributed by atoms with Gasteiger partial charge in [-0.15, -0.1) is 0 Å². The van der Waals surface area contributed by atoms with Gasteiger partial charge in [0.25, 0.3) is 5.91 Å². The quantitative estimate of drug-likeness (QED) is 0.445. The van der Waals surface area contributed by atoms with Crippen molar-refractivity contribution < 1.29 is 4.79 Å². The van der Waals surface area contributed by atoms with E-state index in [1.165, 1.54) is 0 Å². The molecule has 0 radical (unpaired) electrons. The topological polar surface area (TPSA) is 29.4 Å². The first-order valence-electron chi connectivity index (χ1n) is 3.81. The molecule has 3 heteroatoms. The third-order valence-electron chi connectivity index (χ3n) is 2.37. The molecule has 1 rings (SSSR count). The molecule has 1 aliphatic carbocycles. The first-order chi connectivity index (χ1) is 5.19. The number of hydrogen-bond donors (Lipinski definition) is 0. The number of isothiocyanates is 1. The summed E-state index contributed by atoms with van der Waals surface area (Å²) in [5, 5.41) is 2.13. The number of amides is 1. The van der Waals surface area contributed by atoms with Crippen molar-refractivity contribution in [2.24, 2.45) is 10.4 Å². The Balaban J connectivity index is 2.71. The van der Waals surface area contributed by atoms with Crippen LogP contribution < -0.4 is 0 Å². The van der Waals surface area contributed by atoms with E-state index in [4.69, 9.17) is 0 Å². The summed E-state index contributed by atoms with van der Waals surface area (Å²) in [5.74, 6) is -0.0926. The minimum atomic E-state index is -0.230. The number of rotatable bonds is 1. The van der Waals surface area contributed by atoms with Gasteiger partial charge in [-0.25, -0.2) is 0 Å². The molecule has 0 spiro atoms. The van der Waals surface area contributed by atoms with Crippen LogP contribution in [-0.4, -0.2) is 11.1 Å². The average molecular weight is 169 g/mol. The second-order valence-electron chi connectivity index (χ2n) is 3.28. The van der Waals surface area contributed by atoms with Crippen LogP contribution in [-0.2, 0) is 4.79 Å². The van der Waals surface area contributed by atoms with Gasteiger partial charge in [0.2, 0.25) is 0 Å². The standard InChI is InChI=1S/C8H11NOS/c1-8(4-2-3-5-8)7(10)9-6-11/h2-5H2,1H3. The molecule has 0 aliphatic heterocycles. The maximum Gasteiger partial charge on any atom is 0.260 e. The Morgan fingerprint density at radius 3 is 2.55 bits per heavy atom. The Morgan fingerprint density at radius 1 is 1.55 bits per heavy atom. The van der Waals surface area contributed by atoms with Gasteiger partial charge < -0.3 is 0 Å². The molecule has 0 unspecified atom stereocenters. The van der Waals surface area contributed by atoms with Gasteiger partial charge in [0.05, 0.1) is 5.16 Å². The summed E-state index contributed by atoms with van der Waals surface area (Å²) in [6.45, 7) is 1.96. The largest absolute Gasteiger partial charge is 0.271 e. The molecule has 0 heterocycles. The Kier molecular flexibility index (Phi) is 2.53. The Morgan fingerprint density at radius 2 is 2.09 bits per heavy atom. The lowest BCUT2D eigenvalue weighted by Gasteiger charge is -2.16. The van der Waals surface area contributed by atoms with Crippen molar-refractivity contribution in [3.05, 3.63) is 0 Å². The molecule has 60 valence electrons. The second kappa shape index (κ2) is 3.24. The van der Waals surface area contributed by atoms with Crippen molar-refractivity contribution in [1.82, 2.24) is 0 Å². The third-order valence-corrected chi connectivity index (χ3v) is 2.46. The van der Waals surface area contributed by atoms with Crippen LogP contribution in [0.25, 0.3) is 0 Å². The van der Waals surface area contributed by atoms with Crippen molar-refractivity contribution in [2.75, 3.05) is 0 Å². The van der Waals surface area contributed by atoms with Gasteiger partial charge in [-0.2, -0.15) is 4.99 Å². The molecule has 2 nitrogen and oxygen atoms in total. The van der Waals surface area contributed by atoms with Crippen LogP contribution in [0.1, 0.15) is 32.6 Å². The van der Waals surface area contributed by atoms with Crippen molar-refractivity contribution in [1.29, 1.82) is 0 Å². The van der Waals surface area contributed by atoms with Gasteiger partial charge in [0.15, 0.2) is 0 Å². The predicted octanol–water partition coefficient (Wildman–Crippen LogP) is 2.20. The van der Waals surface area contributed by atoms with E-state index in [9.17, 15) is 4.79 Å². The van der Waals surface area contributed by atoms with Crippen LogP contribution in [0, 0.1) is 5.41 Å². The van der Waals surface area contributed by atoms with Crippen LogP contribution in [0.15, 0.2) is 4.99 Å². The highest BCUT2D eigenvalue weighted by atomic mass is 32.1. The first kappa shape index (κ1) is 8.57. The van der Waals surface area contributed by atoms with E-state index in [2.05, 4.69) is 22.4 Å². The summed E-state index contributed by atoms with van der Waals surface area (Å²) in [5.41, 5.74) is -0.230. The maximum atomic E-state index is 11.3. The highest BCUT2D eigenvalue weighted by Gasteiger charge is 2.35. The zero-order chi connectivity index (χ0) is 8.32. The fourth-order valence-corrected chi connectivity index (χ4v) is 1.63. The average Bonchev–Trinajstić information content (AvgIpc) is 2.38. The summed E-state index contributed by atoms with van der Waals surface area (Å²) in [6.07, 6.45) is 4.17. The molecule has 0 bridgehead atoms. The first-order valence-corrected chi connectivity index (χ1v) is 4.22. The highest BCUT2D eigenvalue weighted by Crippen LogP contribution is 2.38. The minimum absolute atomic E-state index is 0.0926. The molecule has 0 atom stereocenters. The summed E-state index contributed by atoms with van der Waals surface area (Å²) in [6, 6.07) is 0. The fraction of sp³-hybridized carbons (Fsp3) is 0.750. The molecule has 1 fully saturated rings. The summed E-state index contributed by atoms with van der Waals surface area (Å²) < 4.78 is 0. The number of carbonyl (C=O) groups excluding carboxylic acids is 1. The zero-order valence-electron chi connectivity index (χ0n) is 6.59. The molecule has 0 aromatic carbocycles. The maximum absolute atomic E-state index is 11.3. The molecule has 11 heavy (non-hydrogen) atoms. The molecule has 0 saturated heterocycles. The van der Waals surface area contributed by atoms with Gasteiger partial charge in [-0.1, -0.05) is 19.8 Å². The smallest absolute Gasteiger partial charge is 0.260 e. The summed E-state index contributed by atoms with van der Waals surface area (Å²) in [7, 11) is 0.